The number of halogens is 2. The number of hydrogen-bond donors (Lipinski definition) is 0. The van der Waals surface area contributed by atoms with Crippen molar-refractivity contribution in [2.75, 3.05) is 7.11 Å². The first-order valence-electron chi connectivity index (χ1n) is 6.14. The fourth-order valence-corrected chi connectivity index (χ4v) is 2.47. The van der Waals surface area contributed by atoms with Gasteiger partial charge in [-0.15, -0.1) is 0 Å². The van der Waals surface area contributed by atoms with Crippen molar-refractivity contribution in [3.8, 4) is 5.75 Å². The molecular weight excluding hydrogens is 323 g/mol. The fraction of sp³-hybridized carbons (Fsp3) is 0.188. The van der Waals surface area contributed by atoms with Gasteiger partial charge < -0.3 is 4.74 Å². The second-order valence-corrected chi connectivity index (χ2v) is 5.26. The smallest absolute Gasteiger partial charge is 0.168 e. The number of carbonyl (C=O) groups excluding carboxylic acids is 1. The number of ether oxygens (including phenoxy) is 1. The molecule has 0 heterocycles. The molecule has 0 aliphatic rings. The molecule has 0 N–H and O–H groups in total. The van der Waals surface area contributed by atoms with Gasteiger partial charge >= 0.3 is 0 Å². The molecule has 0 saturated heterocycles. The van der Waals surface area contributed by atoms with Crippen LogP contribution in [0.15, 0.2) is 40.9 Å². The number of hydrogen-bond acceptors (Lipinski definition) is 2. The van der Waals surface area contributed by atoms with Crippen LogP contribution in [0.5, 0.6) is 5.75 Å². The molecule has 4 heteroatoms. The van der Waals surface area contributed by atoms with Gasteiger partial charge in [0.1, 0.15) is 0 Å². The zero-order chi connectivity index (χ0) is 14.7. The third-order valence-electron chi connectivity index (χ3n) is 3.11. The number of benzene rings is 2. The molecule has 2 nitrogen and oxygen atoms in total. The summed E-state index contributed by atoms with van der Waals surface area (Å²) in [6, 6.07) is 10.3. The maximum atomic E-state index is 14.0. The van der Waals surface area contributed by atoms with Crippen molar-refractivity contribution >= 4 is 21.7 Å². The summed E-state index contributed by atoms with van der Waals surface area (Å²) in [6.45, 7) is 1.91. The first-order chi connectivity index (χ1) is 9.54. The Balaban J connectivity index is 2.31. The van der Waals surface area contributed by atoms with E-state index in [1.165, 1.54) is 13.2 Å². The van der Waals surface area contributed by atoms with Crippen molar-refractivity contribution in [1.29, 1.82) is 0 Å². The highest BCUT2D eigenvalue weighted by molar-refractivity contribution is 9.10. The van der Waals surface area contributed by atoms with Crippen LogP contribution in [0.25, 0.3) is 0 Å². The van der Waals surface area contributed by atoms with E-state index in [0.717, 1.165) is 10.0 Å². The maximum absolute atomic E-state index is 14.0. The molecule has 20 heavy (non-hydrogen) atoms. The molecule has 0 atom stereocenters. The van der Waals surface area contributed by atoms with Gasteiger partial charge in [0.15, 0.2) is 17.3 Å². The van der Waals surface area contributed by atoms with Crippen LogP contribution in [-0.2, 0) is 6.42 Å². The summed E-state index contributed by atoms with van der Waals surface area (Å²) in [7, 11) is 1.40. The van der Waals surface area contributed by atoms with E-state index in [1.807, 2.05) is 19.1 Å². The van der Waals surface area contributed by atoms with E-state index >= 15 is 0 Å². The third-order valence-corrected chi connectivity index (χ3v) is 4.16. The highest BCUT2D eigenvalue weighted by atomic mass is 79.9. The van der Waals surface area contributed by atoms with Crippen LogP contribution in [0, 0.1) is 12.7 Å². The zero-order valence-corrected chi connectivity index (χ0v) is 12.8. The van der Waals surface area contributed by atoms with Crippen LogP contribution < -0.4 is 4.74 Å². The predicted octanol–water partition coefficient (Wildman–Crippen LogP) is 4.33. The second-order valence-electron chi connectivity index (χ2n) is 4.47. The van der Waals surface area contributed by atoms with Crippen LogP contribution in [0.3, 0.4) is 0 Å². The fourth-order valence-electron chi connectivity index (χ4n) is 1.98. The third kappa shape index (κ3) is 2.90. The van der Waals surface area contributed by atoms with E-state index in [-0.39, 0.29) is 18.0 Å². The molecule has 0 spiro atoms. The Morgan fingerprint density at radius 2 is 1.95 bits per heavy atom. The molecule has 0 aliphatic carbocycles. The van der Waals surface area contributed by atoms with Crippen LogP contribution in [0.4, 0.5) is 4.39 Å². The molecule has 0 radical (unpaired) electrons. The normalized spacial score (nSPS) is 10.4. The Labute approximate surface area is 125 Å². The number of methoxy groups -OCH3 is 1. The number of ketones is 1. The van der Waals surface area contributed by atoms with Gasteiger partial charge in [-0.05, 0) is 40.0 Å². The summed E-state index contributed by atoms with van der Waals surface area (Å²) < 4.78 is 19.7. The molecule has 104 valence electrons. The topological polar surface area (TPSA) is 26.3 Å². The van der Waals surface area contributed by atoms with Gasteiger partial charge in [-0.3, -0.25) is 4.79 Å². The van der Waals surface area contributed by atoms with Gasteiger partial charge in [0.05, 0.1) is 7.11 Å². The molecule has 0 unspecified atom stereocenters. The van der Waals surface area contributed by atoms with Crippen molar-refractivity contribution in [2.45, 2.75) is 13.3 Å². The van der Waals surface area contributed by atoms with E-state index < -0.39 is 5.82 Å². The summed E-state index contributed by atoms with van der Waals surface area (Å²) in [4.78, 5) is 12.3. The van der Waals surface area contributed by atoms with E-state index in [1.54, 1.807) is 18.2 Å². The standard InChI is InChI=1S/C16H14BrFO2/c1-10-5-3-7-12(15(10)17)13(19)9-11-6-4-8-14(20-2)16(11)18/h3-8H,9H2,1-2H3. The summed E-state index contributed by atoms with van der Waals surface area (Å²) in [5.74, 6) is -0.460. The van der Waals surface area contributed by atoms with Gasteiger partial charge in [-0.2, -0.15) is 0 Å². The summed E-state index contributed by atoms with van der Waals surface area (Å²) in [6.07, 6.45) is 0.00505. The molecule has 0 aromatic heterocycles. The monoisotopic (exact) mass is 336 g/mol. The number of Topliss-reactive ketones (excluding diaryl/α,β-unsaturated/α-hetero) is 1. The second kappa shape index (κ2) is 6.18. The van der Waals surface area contributed by atoms with Crippen LogP contribution in [0.2, 0.25) is 0 Å². The number of aryl methyl sites for hydroxylation is 1. The van der Waals surface area contributed by atoms with Gasteiger partial charge in [0, 0.05) is 16.5 Å². The van der Waals surface area contributed by atoms with E-state index in [0.29, 0.717) is 11.1 Å². The van der Waals surface area contributed by atoms with Crippen LogP contribution in [0.1, 0.15) is 21.5 Å². The molecular formula is C16H14BrFO2. The lowest BCUT2D eigenvalue weighted by atomic mass is 10.0. The van der Waals surface area contributed by atoms with E-state index in [2.05, 4.69) is 15.9 Å². The molecule has 0 saturated carbocycles. The Hall–Kier alpha value is -1.68. The highest BCUT2D eigenvalue weighted by Gasteiger charge is 2.16. The van der Waals surface area contributed by atoms with Crippen LogP contribution >= 0.6 is 15.9 Å². The molecule has 2 rings (SSSR count). The van der Waals surface area contributed by atoms with Gasteiger partial charge in [0.2, 0.25) is 0 Å². The lowest BCUT2D eigenvalue weighted by molar-refractivity contribution is 0.0991. The van der Waals surface area contributed by atoms with Crippen molar-refractivity contribution in [1.82, 2.24) is 0 Å². The SMILES string of the molecule is COc1cccc(CC(=O)c2cccc(C)c2Br)c1F. The zero-order valence-electron chi connectivity index (χ0n) is 11.2. The quantitative estimate of drug-likeness (QED) is 0.776. The predicted molar refractivity (Wildman–Crippen MR) is 79.9 cm³/mol. The Kier molecular flexibility index (Phi) is 4.55. The Bertz CT molecular complexity index is 653. The molecule has 0 bridgehead atoms. The molecule has 0 aliphatic heterocycles. The van der Waals surface area contributed by atoms with Crippen LogP contribution in [-0.4, -0.2) is 12.9 Å². The summed E-state index contributed by atoms with van der Waals surface area (Å²) >= 11 is 3.40. The van der Waals surface area contributed by atoms with Crippen molar-refractivity contribution in [3.63, 3.8) is 0 Å². The summed E-state index contributed by atoms with van der Waals surface area (Å²) in [5.41, 5.74) is 1.87. The van der Waals surface area contributed by atoms with Gasteiger partial charge in [0.25, 0.3) is 0 Å². The minimum absolute atomic E-state index is 0.00505. The van der Waals surface area contributed by atoms with Gasteiger partial charge in [-0.1, -0.05) is 30.3 Å². The number of rotatable bonds is 4. The summed E-state index contributed by atoms with van der Waals surface area (Å²) in [5, 5.41) is 0. The molecule has 2 aromatic rings. The maximum Gasteiger partial charge on any atom is 0.168 e. The molecule has 2 aromatic carbocycles. The van der Waals surface area contributed by atoms with Gasteiger partial charge in [-0.25, -0.2) is 4.39 Å². The molecule has 0 fully saturated rings. The molecule has 0 amide bonds. The van der Waals surface area contributed by atoms with Crippen molar-refractivity contribution < 1.29 is 13.9 Å². The Morgan fingerprint density at radius 3 is 2.65 bits per heavy atom. The first-order valence-corrected chi connectivity index (χ1v) is 6.93. The lowest BCUT2D eigenvalue weighted by Crippen LogP contribution is -2.07. The average molecular weight is 337 g/mol. The Morgan fingerprint density at radius 1 is 1.25 bits per heavy atom. The average Bonchev–Trinajstić information content (AvgIpc) is 2.44. The number of carbonyl (C=O) groups is 1. The lowest BCUT2D eigenvalue weighted by Gasteiger charge is -2.09. The minimum atomic E-state index is -0.480. The van der Waals surface area contributed by atoms with Crippen molar-refractivity contribution in [3.05, 3.63) is 63.4 Å². The first kappa shape index (κ1) is 14.7. The largest absolute Gasteiger partial charge is 0.494 e. The van der Waals surface area contributed by atoms with E-state index in [4.69, 9.17) is 4.74 Å². The van der Waals surface area contributed by atoms with Crippen molar-refractivity contribution in [2.24, 2.45) is 0 Å². The highest BCUT2D eigenvalue weighted by Crippen LogP contribution is 2.25. The minimum Gasteiger partial charge on any atom is -0.494 e. The van der Waals surface area contributed by atoms with E-state index in [9.17, 15) is 9.18 Å².